The smallest absolute Gasteiger partial charge is 0.220 e. The summed E-state index contributed by atoms with van der Waals surface area (Å²) in [6, 6.07) is -0.612. The lowest BCUT2D eigenvalue weighted by Gasteiger charge is -2.20. The van der Waals surface area contributed by atoms with E-state index in [0.717, 1.165) is 25.7 Å². The standard InChI is InChI=1S/C32H63NO3/c1-3-5-7-9-11-13-14-15-16-17-18-20-21-23-25-27-31(35)30(29-34)33-32(36)28-26-24-22-19-12-10-8-6-4-2/h25,27,30-31,34-35H,3-24,26,28-29H2,1-2H3,(H,33,36)/b27-25+/t30-,31+/m0/s1. The largest absolute Gasteiger partial charge is 0.394 e. The van der Waals surface area contributed by atoms with Crippen molar-refractivity contribution in [1.29, 1.82) is 0 Å². The molecule has 2 atom stereocenters. The average Bonchev–Trinajstić information content (AvgIpc) is 2.88. The first kappa shape index (κ1) is 35.1. The summed E-state index contributed by atoms with van der Waals surface area (Å²) in [5.41, 5.74) is 0. The number of carbonyl (C=O) groups is 1. The van der Waals surface area contributed by atoms with E-state index in [9.17, 15) is 15.0 Å². The molecule has 3 N–H and O–H groups in total. The Morgan fingerprint density at radius 3 is 1.44 bits per heavy atom. The van der Waals surface area contributed by atoms with Gasteiger partial charge in [-0.25, -0.2) is 0 Å². The number of aliphatic hydroxyl groups is 2. The number of nitrogens with one attached hydrogen (secondary N) is 1. The second-order valence-electron chi connectivity index (χ2n) is 10.9. The van der Waals surface area contributed by atoms with E-state index in [1.807, 2.05) is 6.08 Å². The minimum atomic E-state index is -0.830. The Kier molecular flexibility index (Phi) is 28.0. The summed E-state index contributed by atoms with van der Waals surface area (Å²) in [6.45, 7) is 4.27. The van der Waals surface area contributed by atoms with Crippen LogP contribution in [0.15, 0.2) is 12.2 Å². The molecule has 0 saturated carbocycles. The molecular formula is C32H63NO3. The molecule has 4 nitrogen and oxygen atoms in total. The third-order valence-corrected chi connectivity index (χ3v) is 7.27. The van der Waals surface area contributed by atoms with Crippen molar-refractivity contribution in [2.45, 2.75) is 180 Å². The predicted octanol–water partition coefficient (Wildman–Crippen LogP) is 8.78. The number of hydrogen-bond acceptors (Lipinski definition) is 3. The molecule has 0 heterocycles. The van der Waals surface area contributed by atoms with Crippen LogP contribution in [0, 0.1) is 0 Å². The van der Waals surface area contributed by atoms with E-state index in [-0.39, 0.29) is 12.5 Å². The van der Waals surface area contributed by atoms with Gasteiger partial charge in [0, 0.05) is 6.42 Å². The second-order valence-corrected chi connectivity index (χ2v) is 10.9. The normalized spacial score (nSPS) is 13.3. The minimum Gasteiger partial charge on any atom is -0.394 e. The third kappa shape index (κ3) is 24.8. The summed E-state index contributed by atoms with van der Waals surface area (Å²) in [4.78, 5) is 12.2. The fraction of sp³-hybridized carbons (Fsp3) is 0.906. The molecule has 0 fully saturated rings. The zero-order valence-electron chi connectivity index (χ0n) is 24.3. The second kappa shape index (κ2) is 28.7. The van der Waals surface area contributed by atoms with Crippen molar-refractivity contribution in [3.8, 4) is 0 Å². The van der Waals surface area contributed by atoms with Crippen LogP contribution in [0.1, 0.15) is 168 Å². The zero-order valence-corrected chi connectivity index (χ0v) is 24.3. The minimum absolute atomic E-state index is 0.0686. The maximum absolute atomic E-state index is 12.2. The molecule has 0 saturated heterocycles. The van der Waals surface area contributed by atoms with Crippen molar-refractivity contribution in [3.63, 3.8) is 0 Å². The van der Waals surface area contributed by atoms with E-state index >= 15 is 0 Å². The molecule has 0 aliphatic carbocycles. The molecule has 0 aromatic carbocycles. The van der Waals surface area contributed by atoms with Crippen molar-refractivity contribution < 1.29 is 15.0 Å². The van der Waals surface area contributed by atoms with Gasteiger partial charge in [0.1, 0.15) is 0 Å². The van der Waals surface area contributed by atoms with E-state index in [2.05, 4.69) is 19.2 Å². The molecule has 214 valence electrons. The molecular weight excluding hydrogens is 446 g/mol. The quantitative estimate of drug-likeness (QED) is 0.0729. The fourth-order valence-corrected chi connectivity index (χ4v) is 4.76. The molecule has 0 rings (SSSR count). The average molecular weight is 510 g/mol. The van der Waals surface area contributed by atoms with Crippen LogP contribution in [0.2, 0.25) is 0 Å². The predicted molar refractivity (Wildman–Crippen MR) is 156 cm³/mol. The monoisotopic (exact) mass is 509 g/mol. The van der Waals surface area contributed by atoms with E-state index in [1.54, 1.807) is 6.08 Å². The summed E-state index contributed by atoms with van der Waals surface area (Å²) in [5.74, 6) is -0.0686. The highest BCUT2D eigenvalue weighted by atomic mass is 16.3. The van der Waals surface area contributed by atoms with Crippen molar-refractivity contribution >= 4 is 5.91 Å². The molecule has 0 bridgehead atoms. The lowest BCUT2D eigenvalue weighted by atomic mass is 10.0. The number of allylic oxidation sites excluding steroid dienone is 1. The van der Waals surface area contributed by atoms with Crippen molar-refractivity contribution in [3.05, 3.63) is 12.2 Å². The number of carbonyl (C=O) groups excluding carboxylic acids is 1. The van der Waals surface area contributed by atoms with E-state index in [1.165, 1.54) is 122 Å². The highest BCUT2D eigenvalue weighted by molar-refractivity contribution is 5.76. The number of hydrogen-bond donors (Lipinski definition) is 3. The highest BCUT2D eigenvalue weighted by Crippen LogP contribution is 2.13. The van der Waals surface area contributed by atoms with Crippen LogP contribution in [0.4, 0.5) is 0 Å². The molecule has 36 heavy (non-hydrogen) atoms. The lowest BCUT2D eigenvalue weighted by Crippen LogP contribution is -2.45. The number of rotatable bonds is 28. The van der Waals surface area contributed by atoms with Crippen molar-refractivity contribution in [2.75, 3.05) is 6.61 Å². The Hall–Kier alpha value is -0.870. The zero-order chi connectivity index (χ0) is 26.5. The maximum Gasteiger partial charge on any atom is 0.220 e. The SMILES string of the molecule is CCCCCCCCCCCCCCC/C=C/[C@@H](O)[C@H](CO)NC(=O)CCCCCCCCCCC. The summed E-state index contributed by atoms with van der Waals surface area (Å²) in [5, 5.41) is 22.7. The van der Waals surface area contributed by atoms with Crippen LogP contribution in [0.5, 0.6) is 0 Å². The number of aliphatic hydroxyl groups excluding tert-OH is 2. The van der Waals surface area contributed by atoms with E-state index in [0.29, 0.717) is 6.42 Å². The van der Waals surface area contributed by atoms with Crippen LogP contribution < -0.4 is 5.32 Å². The van der Waals surface area contributed by atoms with Gasteiger partial charge >= 0.3 is 0 Å². The molecule has 4 heteroatoms. The number of amides is 1. The summed E-state index contributed by atoms with van der Waals surface area (Å²) >= 11 is 0. The first-order valence-corrected chi connectivity index (χ1v) is 15.9. The molecule has 0 unspecified atom stereocenters. The van der Waals surface area contributed by atoms with Crippen LogP contribution in [0.3, 0.4) is 0 Å². The Morgan fingerprint density at radius 1 is 0.639 bits per heavy atom. The van der Waals surface area contributed by atoms with Crippen LogP contribution in [0.25, 0.3) is 0 Å². The molecule has 0 aliphatic rings. The van der Waals surface area contributed by atoms with E-state index in [4.69, 9.17) is 0 Å². The third-order valence-electron chi connectivity index (χ3n) is 7.27. The van der Waals surface area contributed by atoms with Gasteiger partial charge in [-0.05, 0) is 19.3 Å². The molecule has 1 amide bonds. The van der Waals surface area contributed by atoms with Gasteiger partial charge in [-0.3, -0.25) is 4.79 Å². The van der Waals surface area contributed by atoms with Gasteiger partial charge in [-0.1, -0.05) is 154 Å². The topological polar surface area (TPSA) is 69.6 Å². The summed E-state index contributed by atoms with van der Waals surface area (Å²) in [6.07, 6.45) is 32.8. The van der Waals surface area contributed by atoms with Gasteiger partial charge in [-0.15, -0.1) is 0 Å². The molecule has 0 aromatic rings. The molecule has 0 spiro atoms. The Bertz CT molecular complexity index is 480. The van der Waals surface area contributed by atoms with Gasteiger partial charge in [-0.2, -0.15) is 0 Å². The van der Waals surface area contributed by atoms with Gasteiger partial charge in [0.15, 0.2) is 0 Å². The maximum atomic E-state index is 12.2. The van der Waals surface area contributed by atoms with E-state index < -0.39 is 12.1 Å². The highest BCUT2D eigenvalue weighted by Gasteiger charge is 2.17. The first-order chi connectivity index (χ1) is 17.7. The van der Waals surface area contributed by atoms with Crippen LogP contribution in [-0.2, 0) is 4.79 Å². The molecule has 0 aliphatic heterocycles. The Balaban J connectivity index is 3.64. The summed E-state index contributed by atoms with van der Waals surface area (Å²) in [7, 11) is 0. The van der Waals surface area contributed by atoms with Crippen LogP contribution >= 0.6 is 0 Å². The van der Waals surface area contributed by atoms with Gasteiger partial charge in [0.2, 0.25) is 5.91 Å². The van der Waals surface area contributed by atoms with Gasteiger partial charge in [0.05, 0.1) is 18.8 Å². The van der Waals surface area contributed by atoms with Gasteiger partial charge in [0.25, 0.3) is 0 Å². The van der Waals surface area contributed by atoms with Crippen LogP contribution in [-0.4, -0.2) is 34.9 Å². The van der Waals surface area contributed by atoms with Gasteiger partial charge < -0.3 is 15.5 Å². The molecule has 0 radical (unpaired) electrons. The Morgan fingerprint density at radius 2 is 1.03 bits per heavy atom. The van der Waals surface area contributed by atoms with Crippen molar-refractivity contribution in [2.24, 2.45) is 0 Å². The first-order valence-electron chi connectivity index (χ1n) is 15.9. The number of unbranched alkanes of at least 4 members (excludes halogenated alkanes) is 21. The molecule has 0 aromatic heterocycles. The summed E-state index contributed by atoms with van der Waals surface area (Å²) < 4.78 is 0. The van der Waals surface area contributed by atoms with Crippen molar-refractivity contribution in [1.82, 2.24) is 5.32 Å². The fourth-order valence-electron chi connectivity index (χ4n) is 4.76. The Labute approximate surface area is 225 Å². The lowest BCUT2D eigenvalue weighted by molar-refractivity contribution is -0.123.